The number of para-hydroxylation sites is 2. The second-order valence-electron chi connectivity index (χ2n) is 14.4. The van der Waals surface area contributed by atoms with Crippen LogP contribution < -0.4 is 10.2 Å². The van der Waals surface area contributed by atoms with E-state index in [1.807, 2.05) is 164 Å². The minimum atomic E-state index is -0.416. The van der Waals surface area contributed by atoms with Crippen LogP contribution >= 0.6 is 54.5 Å². The topological polar surface area (TPSA) is 15.3 Å². The lowest BCUT2D eigenvalue weighted by molar-refractivity contribution is 1.28. The Balaban J connectivity index is 0.000000184. The van der Waals surface area contributed by atoms with Crippen LogP contribution in [0.25, 0.3) is 44.5 Å². The molecule has 0 bridgehead atoms. The Bertz CT molecular complexity index is 3530. The van der Waals surface area contributed by atoms with E-state index in [0.29, 0.717) is 17.1 Å². The van der Waals surface area contributed by atoms with Crippen LogP contribution in [0.15, 0.2) is 276 Å². The van der Waals surface area contributed by atoms with Crippen molar-refractivity contribution >= 4 is 82.9 Å². The summed E-state index contributed by atoms with van der Waals surface area (Å²) >= 11 is 9.33. The predicted octanol–water partition coefficient (Wildman–Crippen LogP) is 19.7. The van der Waals surface area contributed by atoms with Crippen LogP contribution in [0.1, 0.15) is 21.1 Å². The number of hydrogen-bond donors (Lipinski definition) is 1. The number of hydrogen-bond acceptors (Lipinski definition) is 2. The van der Waals surface area contributed by atoms with Crippen LogP contribution in [0.4, 0.5) is 28.4 Å². The number of halogens is 3. The molecule has 2 nitrogen and oxygen atoms in total. The molecule has 0 spiro atoms. The summed E-state index contributed by atoms with van der Waals surface area (Å²) in [5.41, 5.74) is 10.9. The van der Waals surface area contributed by atoms with Crippen molar-refractivity contribution in [2.24, 2.45) is 0 Å². The van der Waals surface area contributed by atoms with Gasteiger partial charge in [-0.25, -0.2) is 0 Å². The Hall–Kier alpha value is -6.51. The summed E-state index contributed by atoms with van der Waals surface area (Å²) in [6.45, 7) is 0. The maximum atomic E-state index is 8.67. The first kappa shape index (κ1) is 35.7. The van der Waals surface area contributed by atoms with Gasteiger partial charge >= 0.3 is 0 Å². The Kier molecular flexibility index (Phi) is 13.1. The van der Waals surface area contributed by atoms with E-state index in [2.05, 4.69) is 102 Å². The number of rotatable bonds is 9. The van der Waals surface area contributed by atoms with Crippen LogP contribution in [0, 0.1) is 3.57 Å². The Morgan fingerprint density at radius 1 is 0.348 bits per heavy atom. The highest BCUT2D eigenvalue weighted by Gasteiger charge is 2.14. The van der Waals surface area contributed by atoms with Gasteiger partial charge in [-0.1, -0.05) is 209 Å². The minimum Gasteiger partial charge on any atom is -0.356 e. The zero-order valence-corrected chi connectivity index (χ0v) is 40.0. The van der Waals surface area contributed by atoms with Crippen LogP contribution in [0.5, 0.6) is 0 Å². The molecule has 0 amide bonds. The van der Waals surface area contributed by atoms with E-state index >= 15 is 0 Å². The molecule has 1 N–H and O–H groups in total. The molecular weight excluding hydrogens is 1050 g/mol. The third kappa shape index (κ3) is 13.3. The van der Waals surface area contributed by atoms with Gasteiger partial charge in [0.05, 0.1) is 13.7 Å². The molecule has 0 aliphatic carbocycles. The molecule has 10 aromatic rings. The molecule has 324 valence electrons. The van der Waals surface area contributed by atoms with Gasteiger partial charge < -0.3 is 10.2 Å². The fourth-order valence-electron chi connectivity index (χ4n) is 6.86. The van der Waals surface area contributed by atoms with Gasteiger partial charge in [0.25, 0.3) is 0 Å². The number of anilines is 5. The molecule has 0 unspecified atom stereocenters. The third-order valence-corrected chi connectivity index (χ3v) is 11.6. The molecule has 10 aromatic carbocycles. The van der Waals surface area contributed by atoms with Crippen LogP contribution in [0.2, 0.25) is 0 Å². The third-order valence-electron chi connectivity index (χ3n) is 9.95. The largest absolute Gasteiger partial charge is 0.356 e. The molecule has 0 fully saturated rings. The zero-order valence-electron chi connectivity index (χ0n) is 44.7. The van der Waals surface area contributed by atoms with Gasteiger partial charge in [0, 0.05) is 41.0 Å². The molecule has 0 saturated heterocycles. The first-order valence-electron chi connectivity index (χ1n) is 25.5. The quantitative estimate of drug-likeness (QED) is 0.145. The first-order valence-corrected chi connectivity index (χ1v) is 23.2. The van der Waals surface area contributed by atoms with Crippen molar-refractivity contribution in [3.8, 4) is 44.5 Å². The molecule has 66 heavy (non-hydrogen) atoms. The highest BCUT2D eigenvalue weighted by molar-refractivity contribution is 14.1. The lowest BCUT2D eigenvalue weighted by atomic mass is 10.0. The average molecular weight is 1110 g/mol. The highest BCUT2D eigenvalue weighted by Crippen LogP contribution is 2.37. The van der Waals surface area contributed by atoms with Crippen molar-refractivity contribution in [1.29, 1.82) is 0 Å². The SMILES string of the molecule is Brc1cccc(-c2cccc(I)c2)c1.C.[2H]c1c([2H])c([2H])c(N(c2ccc(-c3ccccc3)cc2)c2cccc(-c3cccc(Br)c3)c2)c([2H])c1[2H].[2H]c1c([2H])c([2H])c(Nc2ccc(-c3ccccc3)cc2)c([2H])c1[2H]. The summed E-state index contributed by atoms with van der Waals surface area (Å²) < 4.78 is 84.1. The van der Waals surface area contributed by atoms with Crippen LogP contribution in [-0.4, -0.2) is 0 Å². The molecule has 0 radical (unpaired) electrons. The van der Waals surface area contributed by atoms with E-state index in [-0.39, 0.29) is 67.1 Å². The monoisotopic (exact) mass is 1100 g/mol. The summed E-state index contributed by atoms with van der Waals surface area (Å²) in [6, 6.07) is 64.5. The fraction of sp³-hybridized carbons (Fsp3) is 0.0164. The second-order valence-corrected chi connectivity index (χ2v) is 17.4. The standard InChI is InChI=1S/C30H22BrN.C18H15N.C12H8BrI.CH4/c31-27-13-7-11-25(21-27)26-12-8-16-30(22-26)32(28-14-5-2-6-15-28)29-19-17-24(18-20-29)23-9-3-1-4-10-23;1-3-7-15(8-4-1)16-11-13-18(14-12-16)19-17-9-5-2-6-10-17;13-11-5-1-3-9(7-11)10-4-2-6-12(14)8-10;/h1-22H;1-14,19H;1-8H;1H4/i2D,5D,6D,14D,15D;2D,5D,6D,9D,10D;;. The molecule has 10 rings (SSSR count). The second kappa shape index (κ2) is 24.1. The maximum absolute atomic E-state index is 8.67. The van der Waals surface area contributed by atoms with E-state index in [0.717, 1.165) is 42.3 Å². The highest BCUT2D eigenvalue weighted by atomic mass is 127. The maximum Gasteiger partial charge on any atom is 0.0645 e. The average Bonchev–Trinajstić information content (AvgIpc) is 3.44. The molecular formula is C61H49Br2IN2. The normalized spacial score (nSPS) is 12.3. The predicted molar refractivity (Wildman–Crippen MR) is 300 cm³/mol. The molecule has 0 aliphatic rings. The van der Waals surface area contributed by atoms with Crippen molar-refractivity contribution in [3.05, 3.63) is 279 Å². The zero-order chi connectivity index (χ0) is 53.3. The van der Waals surface area contributed by atoms with Crippen molar-refractivity contribution in [2.75, 3.05) is 10.2 Å². The van der Waals surface area contributed by atoms with Crippen LogP contribution in [0.3, 0.4) is 0 Å². The van der Waals surface area contributed by atoms with Gasteiger partial charge in [0.1, 0.15) is 0 Å². The molecule has 0 heterocycles. The fourth-order valence-corrected chi connectivity index (χ4v) is 8.20. The van der Waals surface area contributed by atoms with Gasteiger partial charge in [0.15, 0.2) is 0 Å². The Morgan fingerprint density at radius 2 is 0.773 bits per heavy atom. The van der Waals surface area contributed by atoms with E-state index in [1.54, 1.807) is 4.90 Å². The van der Waals surface area contributed by atoms with E-state index in [4.69, 9.17) is 13.7 Å². The van der Waals surface area contributed by atoms with Crippen molar-refractivity contribution in [3.63, 3.8) is 0 Å². The van der Waals surface area contributed by atoms with Gasteiger partial charge in [-0.15, -0.1) is 0 Å². The van der Waals surface area contributed by atoms with E-state index in [1.165, 1.54) is 14.7 Å². The molecule has 0 atom stereocenters. The number of nitrogens with zero attached hydrogens (tertiary/aromatic N) is 1. The molecule has 0 aromatic heterocycles. The van der Waals surface area contributed by atoms with E-state index in [9.17, 15) is 0 Å². The lowest BCUT2D eigenvalue weighted by Crippen LogP contribution is -2.09. The minimum absolute atomic E-state index is 0. The summed E-state index contributed by atoms with van der Waals surface area (Å²) in [5.74, 6) is 0. The van der Waals surface area contributed by atoms with Crippen molar-refractivity contribution < 1.29 is 13.7 Å². The van der Waals surface area contributed by atoms with Gasteiger partial charge in [0.2, 0.25) is 0 Å². The van der Waals surface area contributed by atoms with Crippen molar-refractivity contribution in [1.82, 2.24) is 0 Å². The number of benzene rings is 10. The molecule has 0 aliphatic heterocycles. The van der Waals surface area contributed by atoms with E-state index < -0.39 is 12.1 Å². The van der Waals surface area contributed by atoms with Crippen molar-refractivity contribution in [2.45, 2.75) is 7.43 Å². The lowest BCUT2D eigenvalue weighted by Gasteiger charge is -2.26. The first-order chi connectivity index (χ1) is 36.1. The van der Waals surface area contributed by atoms with Gasteiger partial charge in [-0.3, -0.25) is 0 Å². The summed E-state index contributed by atoms with van der Waals surface area (Å²) in [7, 11) is 0. The summed E-state index contributed by atoms with van der Waals surface area (Å²) in [6.07, 6.45) is 0. The van der Waals surface area contributed by atoms with Gasteiger partial charge in [-0.2, -0.15) is 0 Å². The van der Waals surface area contributed by atoms with Crippen LogP contribution in [-0.2, 0) is 0 Å². The number of nitrogens with one attached hydrogen (secondary N) is 1. The van der Waals surface area contributed by atoms with Gasteiger partial charge in [-0.05, 0) is 164 Å². The summed E-state index contributed by atoms with van der Waals surface area (Å²) in [4.78, 5) is 1.73. The smallest absolute Gasteiger partial charge is 0.0645 e. The summed E-state index contributed by atoms with van der Waals surface area (Å²) in [5, 5.41) is 2.93. The Labute approximate surface area is 435 Å². The Morgan fingerprint density at radius 3 is 1.29 bits per heavy atom. The molecule has 0 saturated carbocycles. The molecule has 5 heteroatoms.